The molecule has 0 aliphatic carbocycles. The highest BCUT2D eigenvalue weighted by molar-refractivity contribution is 9.10. The second-order valence-electron chi connectivity index (χ2n) is 4.81. The average molecular weight is 390 g/mol. The SMILES string of the molecule is O=C1/C(=C\c2ccc(Br)cc2)SC(=S)N1Cc1ccccc1. The quantitative estimate of drug-likeness (QED) is 0.552. The van der Waals surface area contributed by atoms with E-state index < -0.39 is 0 Å². The summed E-state index contributed by atoms with van der Waals surface area (Å²) in [6.45, 7) is 0.517. The van der Waals surface area contributed by atoms with E-state index in [4.69, 9.17) is 12.2 Å². The van der Waals surface area contributed by atoms with Crippen LogP contribution in [0.1, 0.15) is 11.1 Å². The Morgan fingerprint density at radius 1 is 1.09 bits per heavy atom. The number of thiocarbonyl (C=S) groups is 1. The zero-order chi connectivity index (χ0) is 15.5. The van der Waals surface area contributed by atoms with Gasteiger partial charge in [-0.2, -0.15) is 0 Å². The van der Waals surface area contributed by atoms with Crippen LogP contribution in [0.15, 0.2) is 64.0 Å². The molecule has 1 aliphatic heterocycles. The summed E-state index contributed by atoms with van der Waals surface area (Å²) >= 11 is 10.1. The van der Waals surface area contributed by atoms with Crippen LogP contribution < -0.4 is 0 Å². The Bertz CT molecular complexity index is 741. The lowest BCUT2D eigenvalue weighted by Gasteiger charge is -2.14. The average Bonchev–Trinajstić information content (AvgIpc) is 2.78. The second kappa shape index (κ2) is 6.77. The minimum Gasteiger partial charge on any atom is -0.288 e. The van der Waals surface area contributed by atoms with Crippen molar-refractivity contribution in [1.82, 2.24) is 4.90 Å². The zero-order valence-electron chi connectivity index (χ0n) is 11.5. The van der Waals surface area contributed by atoms with Crippen molar-refractivity contribution in [3.05, 3.63) is 75.1 Å². The van der Waals surface area contributed by atoms with Crippen LogP contribution in [0, 0.1) is 0 Å². The summed E-state index contributed by atoms with van der Waals surface area (Å²) in [5.74, 6) is -0.0261. The van der Waals surface area contributed by atoms with Crippen molar-refractivity contribution in [2.75, 3.05) is 0 Å². The smallest absolute Gasteiger partial charge is 0.266 e. The first-order chi connectivity index (χ1) is 10.6. The number of halogens is 1. The molecule has 5 heteroatoms. The van der Waals surface area contributed by atoms with Crippen LogP contribution in [0.4, 0.5) is 0 Å². The molecule has 2 aromatic rings. The number of hydrogen-bond acceptors (Lipinski definition) is 3. The van der Waals surface area contributed by atoms with Gasteiger partial charge in [0.15, 0.2) is 0 Å². The molecule has 2 nitrogen and oxygen atoms in total. The number of rotatable bonds is 3. The summed E-state index contributed by atoms with van der Waals surface area (Å²) in [5.41, 5.74) is 2.06. The topological polar surface area (TPSA) is 20.3 Å². The van der Waals surface area contributed by atoms with Crippen molar-refractivity contribution < 1.29 is 4.79 Å². The maximum absolute atomic E-state index is 12.5. The molecule has 0 spiro atoms. The van der Waals surface area contributed by atoms with Gasteiger partial charge in [-0.15, -0.1) is 0 Å². The molecule has 0 bridgehead atoms. The number of carbonyl (C=O) groups excluding carboxylic acids is 1. The summed E-state index contributed by atoms with van der Waals surface area (Å²) in [5, 5.41) is 0. The van der Waals surface area contributed by atoms with Gasteiger partial charge >= 0.3 is 0 Å². The molecule has 0 saturated carbocycles. The van der Waals surface area contributed by atoms with E-state index in [1.165, 1.54) is 11.8 Å². The molecule has 110 valence electrons. The van der Waals surface area contributed by atoms with E-state index in [-0.39, 0.29) is 5.91 Å². The van der Waals surface area contributed by atoms with Gasteiger partial charge in [-0.1, -0.05) is 82.4 Å². The van der Waals surface area contributed by atoms with Gasteiger partial charge < -0.3 is 0 Å². The Balaban J connectivity index is 1.80. The molecular formula is C17H12BrNOS2. The number of thioether (sulfide) groups is 1. The van der Waals surface area contributed by atoms with Gasteiger partial charge in [0.2, 0.25) is 0 Å². The van der Waals surface area contributed by atoms with Crippen LogP contribution in [-0.4, -0.2) is 15.1 Å². The van der Waals surface area contributed by atoms with Crippen LogP contribution in [-0.2, 0) is 11.3 Å². The highest BCUT2D eigenvalue weighted by atomic mass is 79.9. The molecule has 1 fully saturated rings. The molecule has 1 heterocycles. The van der Waals surface area contributed by atoms with Crippen molar-refractivity contribution in [2.24, 2.45) is 0 Å². The lowest BCUT2D eigenvalue weighted by atomic mass is 10.2. The maximum Gasteiger partial charge on any atom is 0.266 e. The van der Waals surface area contributed by atoms with E-state index in [0.717, 1.165) is 15.6 Å². The van der Waals surface area contributed by atoms with Crippen molar-refractivity contribution >= 4 is 56.2 Å². The molecule has 1 aliphatic rings. The molecule has 1 amide bonds. The number of benzene rings is 2. The van der Waals surface area contributed by atoms with Crippen LogP contribution in [0.2, 0.25) is 0 Å². The van der Waals surface area contributed by atoms with Gasteiger partial charge in [-0.25, -0.2) is 0 Å². The lowest BCUT2D eigenvalue weighted by Crippen LogP contribution is -2.27. The molecule has 1 saturated heterocycles. The van der Waals surface area contributed by atoms with Crippen LogP contribution in [0.5, 0.6) is 0 Å². The fraction of sp³-hybridized carbons (Fsp3) is 0.0588. The summed E-state index contributed by atoms with van der Waals surface area (Å²) in [6, 6.07) is 17.7. The minimum absolute atomic E-state index is 0.0261. The van der Waals surface area contributed by atoms with Crippen molar-refractivity contribution in [3.8, 4) is 0 Å². The van der Waals surface area contributed by atoms with E-state index in [1.807, 2.05) is 60.7 Å². The predicted octanol–water partition coefficient (Wildman–Crippen LogP) is 4.85. The molecule has 22 heavy (non-hydrogen) atoms. The first-order valence-electron chi connectivity index (χ1n) is 6.68. The third kappa shape index (κ3) is 3.48. The van der Waals surface area contributed by atoms with Gasteiger partial charge in [0.05, 0.1) is 11.4 Å². The molecule has 3 rings (SSSR count). The summed E-state index contributed by atoms with van der Waals surface area (Å²) < 4.78 is 1.62. The van der Waals surface area contributed by atoms with E-state index in [9.17, 15) is 4.79 Å². The maximum atomic E-state index is 12.5. The standard InChI is InChI=1S/C17H12BrNOS2/c18-14-8-6-12(7-9-14)10-15-16(20)19(17(21)22-15)11-13-4-2-1-3-5-13/h1-10H,11H2/b15-10+. The van der Waals surface area contributed by atoms with Gasteiger partial charge in [0.25, 0.3) is 5.91 Å². The molecular weight excluding hydrogens is 378 g/mol. The van der Waals surface area contributed by atoms with Crippen molar-refractivity contribution in [3.63, 3.8) is 0 Å². The summed E-state index contributed by atoms with van der Waals surface area (Å²) in [6.07, 6.45) is 1.89. The van der Waals surface area contributed by atoms with Gasteiger partial charge in [0.1, 0.15) is 4.32 Å². The third-order valence-electron chi connectivity index (χ3n) is 3.22. The van der Waals surface area contributed by atoms with Gasteiger partial charge in [0, 0.05) is 4.47 Å². The molecule has 0 atom stereocenters. The Labute approximate surface area is 147 Å². The molecule has 2 aromatic carbocycles. The lowest BCUT2D eigenvalue weighted by molar-refractivity contribution is -0.122. The second-order valence-corrected chi connectivity index (χ2v) is 7.40. The normalized spacial score (nSPS) is 16.6. The Hall–Kier alpha value is -1.43. The Kier molecular flexibility index (Phi) is 4.76. The van der Waals surface area contributed by atoms with E-state index in [2.05, 4.69) is 15.9 Å². The van der Waals surface area contributed by atoms with Gasteiger partial charge in [-0.05, 0) is 29.3 Å². The van der Waals surface area contributed by atoms with Crippen LogP contribution in [0.3, 0.4) is 0 Å². The Morgan fingerprint density at radius 2 is 1.77 bits per heavy atom. The molecule has 0 radical (unpaired) electrons. The Morgan fingerprint density at radius 3 is 2.45 bits per heavy atom. The summed E-state index contributed by atoms with van der Waals surface area (Å²) in [4.78, 5) is 14.9. The van der Waals surface area contributed by atoms with Crippen LogP contribution >= 0.6 is 39.9 Å². The third-order valence-corrected chi connectivity index (χ3v) is 5.13. The molecule has 0 unspecified atom stereocenters. The first kappa shape index (κ1) is 15.5. The predicted molar refractivity (Wildman–Crippen MR) is 99.3 cm³/mol. The van der Waals surface area contributed by atoms with Crippen molar-refractivity contribution in [1.29, 1.82) is 0 Å². The first-order valence-corrected chi connectivity index (χ1v) is 8.70. The number of carbonyl (C=O) groups is 1. The fourth-order valence-electron chi connectivity index (χ4n) is 2.11. The van der Waals surface area contributed by atoms with E-state index in [0.29, 0.717) is 15.8 Å². The fourth-order valence-corrected chi connectivity index (χ4v) is 3.63. The van der Waals surface area contributed by atoms with E-state index in [1.54, 1.807) is 4.90 Å². The monoisotopic (exact) mass is 389 g/mol. The van der Waals surface area contributed by atoms with E-state index >= 15 is 0 Å². The number of amides is 1. The highest BCUT2D eigenvalue weighted by Crippen LogP contribution is 2.33. The molecule has 0 aromatic heterocycles. The van der Waals surface area contributed by atoms with Crippen molar-refractivity contribution in [2.45, 2.75) is 6.54 Å². The molecule has 0 N–H and O–H groups in total. The van der Waals surface area contributed by atoms with Crippen LogP contribution in [0.25, 0.3) is 6.08 Å². The summed E-state index contributed by atoms with van der Waals surface area (Å²) in [7, 11) is 0. The number of nitrogens with zero attached hydrogens (tertiary/aromatic N) is 1. The highest BCUT2D eigenvalue weighted by Gasteiger charge is 2.31. The number of hydrogen-bond donors (Lipinski definition) is 0. The largest absolute Gasteiger partial charge is 0.288 e. The zero-order valence-corrected chi connectivity index (χ0v) is 14.7. The minimum atomic E-state index is -0.0261. The van der Waals surface area contributed by atoms with Gasteiger partial charge in [-0.3, -0.25) is 9.69 Å².